The molecule has 0 fully saturated rings. The van der Waals surface area contributed by atoms with Crippen LogP contribution in [0.15, 0.2) is 36.4 Å². The number of alkyl carbamates (subject to hydrolysis) is 1. The van der Waals surface area contributed by atoms with Gasteiger partial charge in [-0.3, -0.25) is 14.4 Å². The first-order valence-electron chi connectivity index (χ1n) is 19.7. The Labute approximate surface area is 397 Å². The number of thioether (sulfide) groups is 1. The first-order chi connectivity index (χ1) is 29.1. The second kappa shape index (κ2) is 26.8. The molecule has 3 aromatic rings. The molecule has 2 aromatic carbocycles. The number of hydrogen-bond acceptors (Lipinski definition) is 13. The van der Waals surface area contributed by atoms with Crippen LogP contribution in [0.25, 0.3) is 11.3 Å². The maximum Gasteiger partial charge on any atom is 0.408 e. The van der Waals surface area contributed by atoms with Crippen molar-refractivity contribution in [3.63, 3.8) is 0 Å². The number of rotatable bonds is 17. The van der Waals surface area contributed by atoms with E-state index in [1.807, 2.05) is 25.3 Å². The molecular formula is C43H57Cl4N5O9S2. The van der Waals surface area contributed by atoms with E-state index in [1.165, 1.54) is 11.3 Å². The number of benzene rings is 2. The Morgan fingerprint density at radius 2 is 1.43 bits per heavy atom. The fourth-order valence-electron chi connectivity index (χ4n) is 5.04. The SMILES string of the molecule is CC(C)(C)OC(=O)CC(CN)C(=O)O.CC(C)CC(SC#N)C(=O)c1ccc(Cl)c(Cl)c1.CC(C)Cc1sc(NCC(NC(=O)OC(C)(C)C)C(=O)O)nc1-c1ccc(Cl)c(Cl)c1. The van der Waals surface area contributed by atoms with E-state index in [2.05, 4.69) is 29.5 Å². The van der Waals surface area contributed by atoms with Crippen molar-refractivity contribution in [1.29, 1.82) is 5.26 Å². The van der Waals surface area contributed by atoms with E-state index >= 15 is 0 Å². The zero-order chi connectivity index (χ0) is 48.4. The molecule has 0 saturated carbocycles. The van der Waals surface area contributed by atoms with Crippen LogP contribution in [0.1, 0.15) is 97.3 Å². The lowest BCUT2D eigenvalue weighted by molar-refractivity contribution is -0.159. The van der Waals surface area contributed by atoms with Gasteiger partial charge in [-0.2, -0.15) is 5.26 Å². The van der Waals surface area contributed by atoms with Gasteiger partial charge in [0, 0.05) is 29.1 Å². The number of carbonyl (C=O) groups excluding carboxylic acids is 3. The van der Waals surface area contributed by atoms with Gasteiger partial charge in [0.2, 0.25) is 0 Å². The van der Waals surface area contributed by atoms with Gasteiger partial charge >= 0.3 is 24.0 Å². The van der Waals surface area contributed by atoms with Crippen molar-refractivity contribution in [3.05, 3.63) is 66.9 Å². The molecule has 3 rings (SSSR count). The van der Waals surface area contributed by atoms with Crippen LogP contribution in [0.2, 0.25) is 20.1 Å². The number of nitrogens with one attached hydrogen (secondary N) is 2. The van der Waals surface area contributed by atoms with Crippen molar-refractivity contribution in [2.24, 2.45) is 23.5 Å². The first kappa shape index (κ1) is 57.2. The molecule has 0 radical (unpaired) electrons. The number of amides is 1. The topological polar surface area (TPSA) is 231 Å². The third-order valence-electron chi connectivity index (χ3n) is 7.77. The summed E-state index contributed by atoms with van der Waals surface area (Å²) >= 11 is 26.3. The third-order valence-corrected chi connectivity index (χ3v) is 11.1. The Bertz CT molecular complexity index is 2060. The lowest BCUT2D eigenvalue weighted by Crippen LogP contribution is -2.47. The predicted octanol–water partition coefficient (Wildman–Crippen LogP) is 10.9. The van der Waals surface area contributed by atoms with Gasteiger partial charge in [0.25, 0.3) is 0 Å². The average molecular weight is 994 g/mol. The molecule has 0 aliphatic heterocycles. The van der Waals surface area contributed by atoms with Crippen LogP contribution < -0.4 is 16.4 Å². The van der Waals surface area contributed by atoms with Gasteiger partial charge in [0.15, 0.2) is 10.9 Å². The zero-order valence-electron chi connectivity index (χ0n) is 36.9. The highest BCUT2D eigenvalue weighted by atomic mass is 35.5. The number of ketones is 1. The summed E-state index contributed by atoms with van der Waals surface area (Å²) in [6.45, 7) is 18.4. The molecule has 20 heteroatoms. The van der Waals surface area contributed by atoms with E-state index < -0.39 is 47.2 Å². The van der Waals surface area contributed by atoms with E-state index in [0.29, 0.717) is 49.0 Å². The number of Topliss-reactive ketones (excluding diaryl/α,β-unsaturated/α-hetero) is 1. The molecule has 0 saturated heterocycles. The molecule has 348 valence electrons. The number of thiocyanates is 1. The highest BCUT2D eigenvalue weighted by Gasteiger charge is 2.26. The number of aromatic nitrogens is 1. The number of esters is 1. The molecule has 1 amide bonds. The Morgan fingerprint density at radius 3 is 1.89 bits per heavy atom. The molecule has 0 spiro atoms. The Kier molecular flexibility index (Phi) is 24.4. The monoisotopic (exact) mass is 991 g/mol. The number of hydrogen-bond donors (Lipinski definition) is 5. The molecule has 0 bridgehead atoms. The molecule has 63 heavy (non-hydrogen) atoms. The van der Waals surface area contributed by atoms with Crippen LogP contribution in [-0.4, -0.2) is 80.6 Å². The van der Waals surface area contributed by atoms with Crippen molar-refractivity contribution in [2.45, 2.75) is 111 Å². The van der Waals surface area contributed by atoms with Crippen LogP contribution in [0.4, 0.5) is 9.93 Å². The number of nitrogens with two attached hydrogens (primary N) is 1. The van der Waals surface area contributed by atoms with Crippen LogP contribution in [0.3, 0.4) is 0 Å². The number of nitriles is 1. The van der Waals surface area contributed by atoms with E-state index in [0.717, 1.165) is 34.3 Å². The summed E-state index contributed by atoms with van der Waals surface area (Å²) in [6, 6.07) is 8.94. The van der Waals surface area contributed by atoms with Crippen molar-refractivity contribution < 1.29 is 43.7 Å². The number of carboxylic acids is 2. The van der Waals surface area contributed by atoms with E-state index in [9.17, 15) is 29.1 Å². The van der Waals surface area contributed by atoms with Crippen LogP contribution in [0, 0.1) is 28.4 Å². The number of anilines is 1. The highest BCUT2D eigenvalue weighted by Crippen LogP contribution is 2.36. The number of halogens is 4. The molecule has 0 aliphatic rings. The number of thiazole rings is 1. The molecule has 3 atom stereocenters. The molecular weight excluding hydrogens is 936 g/mol. The highest BCUT2D eigenvalue weighted by molar-refractivity contribution is 8.05. The second-order valence-corrected chi connectivity index (χ2v) is 20.5. The standard InChI is InChI=1S/C21H27Cl2N3O4S.C13H13Cl2NOS.C9H17NO4/c1-11(2)8-16-17(12-6-7-13(22)14(23)9-12)26-19(31-16)24-10-15(18(27)28)25-20(29)30-21(3,4)5;1-8(2)5-12(18-7-16)13(17)9-3-4-10(14)11(15)6-9;1-9(2,3)14-7(11)4-6(5-10)8(12)13/h6-7,9,11,15H,8,10H2,1-5H3,(H,24,26)(H,25,29)(H,27,28);3-4,6,8,12H,5H2,1-2H3;6H,4-5,10H2,1-3H3,(H,12,13). The summed E-state index contributed by atoms with van der Waals surface area (Å²) in [5, 5.41) is 36.1. The molecule has 6 N–H and O–H groups in total. The number of nitrogens with zero attached hydrogens (tertiary/aromatic N) is 2. The van der Waals surface area contributed by atoms with Crippen LogP contribution in [0.5, 0.6) is 0 Å². The van der Waals surface area contributed by atoms with Crippen LogP contribution >= 0.6 is 69.5 Å². The summed E-state index contributed by atoms with van der Waals surface area (Å²) in [6.07, 6.45) is 0.492. The molecule has 1 heterocycles. The van der Waals surface area contributed by atoms with Crippen LogP contribution in [-0.2, 0) is 30.3 Å². The van der Waals surface area contributed by atoms with Gasteiger partial charge in [0.05, 0.1) is 43.4 Å². The van der Waals surface area contributed by atoms with Gasteiger partial charge in [0.1, 0.15) is 22.6 Å². The summed E-state index contributed by atoms with van der Waals surface area (Å²) in [4.78, 5) is 63.2. The molecule has 3 unspecified atom stereocenters. The minimum Gasteiger partial charge on any atom is -0.481 e. The summed E-state index contributed by atoms with van der Waals surface area (Å²) in [7, 11) is 0. The van der Waals surface area contributed by atoms with Gasteiger partial charge in [-0.05, 0) is 108 Å². The predicted molar refractivity (Wildman–Crippen MR) is 253 cm³/mol. The van der Waals surface area contributed by atoms with Gasteiger partial charge in [-0.25, -0.2) is 14.6 Å². The largest absolute Gasteiger partial charge is 0.481 e. The fourth-order valence-corrected chi connectivity index (χ4v) is 7.69. The third kappa shape index (κ3) is 22.6. The zero-order valence-corrected chi connectivity index (χ0v) is 41.6. The minimum absolute atomic E-state index is 0.0516. The normalized spacial score (nSPS) is 12.6. The lowest BCUT2D eigenvalue weighted by atomic mass is 10.0. The lowest BCUT2D eigenvalue weighted by Gasteiger charge is -2.22. The average Bonchev–Trinajstić information content (AvgIpc) is 3.54. The molecule has 1 aromatic heterocycles. The molecule has 0 aliphatic carbocycles. The van der Waals surface area contributed by atoms with Gasteiger partial charge in [-0.15, -0.1) is 11.3 Å². The first-order valence-corrected chi connectivity index (χ1v) is 22.9. The van der Waals surface area contributed by atoms with Crippen molar-refractivity contribution in [2.75, 3.05) is 18.4 Å². The number of carboxylic acid groups (broad SMARTS) is 2. The van der Waals surface area contributed by atoms with Gasteiger partial charge in [-0.1, -0.05) is 80.2 Å². The van der Waals surface area contributed by atoms with Crippen molar-refractivity contribution in [3.8, 4) is 16.7 Å². The Hall–Kier alpha value is -3.82. The quantitative estimate of drug-likeness (QED) is 0.0481. The van der Waals surface area contributed by atoms with E-state index in [4.69, 9.17) is 72.0 Å². The van der Waals surface area contributed by atoms with E-state index in [1.54, 1.807) is 71.9 Å². The fraction of sp³-hybridized carbons (Fsp3) is 0.512. The van der Waals surface area contributed by atoms with Crippen molar-refractivity contribution in [1.82, 2.24) is 10.3 Å². The number of carbonyl (C=O) groups is 5. The summed E-state index contributed by atoms with van der Waals surface area (Å²) in [5.41, 5.74) is 5.98. The Balaban J connectivity index is 0.000000525. The maximum absolute atomic E-state index is 12.3. The van der Waals surface area contributed by atoms with Crippen molar-refractivity contribution >= 4 is 104 Å². The molecule has 14 nitrogen and oxygen atoms in total. The summed E-state index contributed by atoms with van der Waals surface area (Å²) in [5.74, 6) is -2.97. The summed E-state index contributed by atoms with van der Waals surface area (Å²) < 4.78 is 10.1. The number of aliphatic carboxylic acids is 2. The van der Waals surface area contributed by atoms with E-state index in [-0.39, 0.29) is 30.5 Å². The number of ether oxygens (including phenoxy) is 2. The minimum atomic E-state index is -1.18. The second-order valence-electron chi connectivity index (χ2n) is 16.8. The smallest absolute Gasteiger partial charge is 0.408 e. The maximum atomic E-state index is 12.3. The Morgan fingerprint density at radius 1 is 0.857 bits per heavy atom. The van der Waals surface area contributed by atoms with Gasteiger partial charge < -0.3 is 36.1 Å².